The topological polar surface area (TPSA) is 94.0 Å². The van der Waals surface area contributed by atoms with Gasteiger partial charge in [-0.05, 0) is 24.8 Å². The number of carboxylic acid groups (broad SMARTS) is 1. The van der Waals surface area contributed by atoms with Gasteiger partial charge in [0, 0.05) is 35.2 Å². The van der Waals surface area contributed by atoms with Crippen molar-refractivity contribution in [3.05, 3.63) is 28.5 Å². The molecule has 0 aromatic carbocycles. The average molecular weight is 356 g/mol. The van der Waals surface area contributed by atoms with Crippen LogP contribution >= 0.6 is 11.3 Å². The van der Waals surface area contributed by atoms with E-state index in [-0.39, 0.29) is 10.3 Å². The Kier molecular flexibility index (Phi) is 3.40. The molecule has 6 nitrogen and oxygen atoms in total. The number of carbonyl (C=O) groups is 1. The predicted octanol–water partition coefficient (Wildman–Crippen LogP) is 3.59. The number of aryl methyl sites for hydroxylation is 1. The molecule has 0 radical (unpaired) electrons. The Balaban J connectivity index is 2.16. The second-order valence-corrected chi connectivity index (χ2v) is 8.28. The second-order valence-electron chi connectivity index (χ2n) is 7.28. The van der Waals surface area contributed by atoms with E-state index in [2.05, 4.69) is 18.9 Å². The molecule has 0 aliphatic heterocycles. The van der Waals surface area contributed by atoms with Crippen molar-refractivity contribution in [2.45, 2.75) is 38.5 Å². The summed E-state index contributed by atoms with van der Waals surface area (Å²) in [5, 5.41) is 14.5. The molecule has 130 valence electrons. The SMILES string of the molecule is Cn1cc(-c2c3c(nc4sc(C(=O)O)c(N)c24)C(C)(C)CCC3)cn1. The van der Waals surface area contributed by atoms with E-state index in [1.165, 1.54) is 5.56 Å². The predicted molar refractivity (Wildman–Crippen MR) is 99.2 cm³/mol. The summed E-state index contributed by atoms with van der Waals surface area (Å²) in [7, 11) is 1.87. The van der Waals surface area contributed by atoms with Crippen molar-refractivity contribution >= 4 is 33.2 Å². The molecular weight excluding hydrogens is 336 g/mol. The first-order valence-electron chi connectivity index (χ1n) is 8.27. The molecule has 0 unspecified atom stereocenters. The molecule has 0 saturated heterocycles. The van der Waals surface area contributed by atoms with E-state index in [0.717, 1.165) is 52.8 Å². The molecule has 3 N–H and O–H groups in total. The number of nitrogens with two attached hydrogens (primary N) is 1. The standard InChI is InChI=1S/C18H20N4O2S/c1-18(2)6-4-5-10-11(9-7-20-22(3)8-9)12-13(19)14(17(23)24)25-16(12)21-15(10)18/h7-8H,4-6,19H2,1-3H3,(H,23,24). The van der Waals surface area contributed by atoms with Gasteiger partial charge >= 0.3 is 5.97 Å². The quantitative estimate of drug-likeness (QED) is 0.732. The van der Waals surface area contributed by atoms with E-state index in [1.807, 2.05) is 19.4 Å². The third-order valence-corrected chi connectivity index (χ3v) is 6.12. The van der Waals surface area contributed by atoms with E-state index in [9.17, 15) is 9.90 Å². The molecule has 3 heterocycles. The fraction of sp³-hybridized carbons (Fsp3) is 0.389. The van der Waals surface area contributed by atoms with Crippen LogP contribution in [0.25, 0.3) is 21.3 Å². The van der Waals surface area contributed by atoms with Crippen molar-refractivity contribution in [2.75, 3.05) is 5.73 Å². The normalized spacial score (nSPS) is 16.1. The molecule has 1 aliphatic rings. The van der Waals surface area contributed by atoms with E-state index < -0.39 is 5.97 Å². The summed E-state index contributed by atoms with van der Waals surface area (Å²) >= 11 is 1.16. The molecule has 0 spiro atoms. The van der Waals surface area contributed by atoms with Gasteiger partial charge in [0.05, 0.1) is 17.6 Å². The zero-order chi connectivity index (χ0) is 17.9. The molecule has 7 heteroatoms. The zero-order valence-electron chi connectivity index (χ0n) is 14.5. The Hall–Kier alpha value is -2.41. The van der Waals surface area contributed by atoms with Crippen LogP contribution < -0.4 is 5.73 Å². The van der Waals surface area contributed by atoms with Crippen LogP contribution in [-0.2, 0) is 18.9 Å². The number of aromatic nitrogens is 3. The van der Waals surface area contributed by atoms with Gasteiger partial charge in [0.15, 0.2) is 0 Å². The van der Waals surface area contributed by atoms with Gasteiger partial charge in [0.1, 0.15) is 9.71 Å². The van der Waals surface area contributed by atoms with Gasteiger partial charge < -0.3 is 10.8 Å². The van der Waals surface area contributed by atoms with Crippen molar-refractivity contribution in [3.8, 4) is 11.1 Å². The highest BCUT2D eigenvalue weighted by Crippen LogP contribution is 2.47. The lowest BCUT2D eigenvalue weighted by atomic mass is 9.74. The first-order valence-corrected chi connectivity index (χ1v) is 9.09. The van der Waals surface area contributed by atoms with Crippen LogP contribution in [0.5, 0.6) is 0 Å². The van der Waals surface area contributed by atoms with Crippen LogP contribution in [0.3, 0.4) is 0 Å². The molecule has 0 atom stereocenters. The number of nitrogen functional groups attached to an aromatic ring is 1. The number of rotatable bonds is 2. The lowest BCUT2D eigenvalue weighted by Gasteiger charge is -2.32. The lowest BCUT2D eigenvalue weighted by Crippen LogP contribution is -2.26. The molecule has 0 amide bonds. The largest absolute Gasteiger partial charge is 0.477 e. The minimum atomic E-state index is -1.00. The summed E-state index contributed by atoms with van der Waals surface area (Å²) in [6.07, 6.45) is 6.83. The Morgan fingerprint density at radius 3 is 2.84 bits per heavy atom. The minimum absolute atomic E-state index is 0.0408. The number of fused-ring (bicyclic) bond motifs is 2. The number of thiophene rings is 1. The molecule has 25 heavy (non-hydrogen) atoms. The van der Waals surface area contributed by atoms with Crippen molar-refractivity contribution < 1.29 is 9.90 Å². The van der Waals surface area contributed by atoms with Crippen LogP contribution in [0.1, 0.15) is 47.6 Å². The maximum atomic E-state index is 11.6. The third-order valence-electron chi connectivity index (χ3n) is 5.03. The third kappa shape index (κ3) is 2.33. The summed E-state index contributed by atoms with van der Waals surface area (Å²) in [5.41, 5.74) is 10.7. The van der Waals surface area contributed by atoms with Crippen molar-refractivity contribution in [2.24, 2.45) is 7.05 Å². The van der Waals surface area contributed by atoms with Gasteiger partial charge in [-0.1, -0.05) is 13.8 Å². The van der Waals surface area contributed by atoms with Gasteiger partial charge in [-0.2, -0.15) is 5.10 Å². The van der Waals surface area contributed by atoms with Crippen LogP contribution in [0.2, 0.25) is 0 Å². The number of aromatic carboxylic acids is 1. The van der Waals surface area contributed by atoms with E-state index >= 15 is 0 Å². The maximum Gasteiger partial charge on any atom is 0.348 e. The second kappa shape index (κ2) is 5.29. The van der Waals surface area contributed by atoms with Crippen LogP contribution in [-0.4, -0.2) is 25.8 Å². The number of anilines is 1. The highest BCUT2D eigenvalue weighted by atomic mass is 32.1. The van der Waals surface area contributed by atoms with Gasteiger partial charge in [-0.15, -0.1) is 11.3 Å². The van der Waals surface area contributed by atoms with Gasteiger partial charge in [-0.25, -0.2) is 9.78 Å². The number of pyridine rings is 1. The summed E-state index contributed by atoms with van der Waals surface area (Å²) in [5.74, 6) is -1.00. The number of carboxylic acids is 1. The summed E-state index contributed by atoms with van der Waals surface area (Å²) in [4.78, 5) is 17.3. The summed E-state index contributed by atoms with van der Waals surface area (Å²) in [6.45, 7) is 4.40. The Bertz CT molecular complexity index is 1020. The summed E-state index contributed by atoms with van der Waals surface area (Å²) in [6, 6.07) is 0. The highest BCUT2D eigenvalue weighted by Gasteiger charge is 2.34. The van der Waals surface area contributed by atoms with E-state index in [0.29, 0.717) is 10.5 Å². The van der Waals surface area contributed by atoms with E-state index in [4.69, 9.17) is 10.7 Å². The van der Waals surface area contributed by atoms with E-state index in [1.54, 1.807) is 4.68 Å². The number of nitrogens with zero attached hydrogens (tertiary/aromatic N) is 3. The molecule has 0 fully saturated rings. The molecular formula is C18H20N4O2S. The van der Waals surface area contributed by atoms with Gasteiger partial charge in [0.2, 0.25) is 0 Å². The first-order chi connectivity index (χ1) is 11.8. The molecule has 3 aromatic rings. The van der Waals surface area contributed by atoms with Crippen molar-refractivity contribution in [1.82, 2.24) is 14.8 Å². The minimum Gasteiger partial charge on any atom is -0.477 e. The van der Waals surface area contributed by atoms with Crippen molar-refractivity contribution in [3.63, 3.8) is 0 Å². The van der Waals surface area contributed by atoms with Crippen molar-refractivity contribution in [1.29, 1.82) is 0 Å². The molecule has 3 aromatic heterocycles. The van der Waals surface area contributed by atoms with Gasteiger partial charge in [0.25, 0.3) is 0 Å². The van der Waals surface area contributed by atoms with Gasteiger partial charge in [-0.3, -0.25) is 4.68 Å². The first kappa shape index (κ1) is 16.1. The Labute approximate surface area is 149 Å². The highest BCUT2D eigenvalue weighted by molar-refractivity contribution is 7.21. The Morgan fingerprint density at radius 1 is 1.44 bits per heavy atom. The van der Waals surface area contributed by atoms with Crippen LogP contribution in [0.15, 0.2) is 12.4 Å². The zero-order valence-corrected chi connectivity index (χ0v) is 15.3. The lowest BCUT2D eigenvalue weighted by molar-refractivity contribution is 0.0703. The van der Waals surface area contributed by atoms with Crippen LogP contribution in [0, 0.1) is 0 Å². The number of hydrogen-bond acceptors (Lipinski definition) is 5. The monoisotopic (exact) mass is 356 g/mol. The smallest absolute Gasteiger partial charge is 0.348 e. The molecule has 1 aliphatic carbocycles. The Morgan fingerprint density at radius 2 is 2.20 bits per heavy atom. The average Bonchev–Trinajstić information content (AvgIpc) is 3.10. The van der Waals surface area contributed by atoms with Crippen LogP contribution in [0.4, 0.5) is 5.69 Å². The fourth-order valence-corrected chi connectivity index (χ4v) is 4.79. The molecule has 0 saturated carbocycles. The molecule has 0 bridgehead atoms. The maximum absolute atomic E-state index is 11.6. The fourth-order valence-electron chi connectivity index (χ4n) is 3.85. The molecule has 4 rings (SSSR count). The number of hydrogen-bond donors (Lipinski definition) is 2. The summed E-state index contributed by atoms with van der Waals surface area (Å²) < 4.78 is 1.75.